The Morgan fingerprint density at radius 2 is 1.84 bits per heavy atom. The number of carbonyl (C=O) groups excluding carboxylic acids is 2. The maximum absolute atomic E-state index is 12.9. The third-order valence-electron chi connectivity index (χ3n) is 5.23. The molecule has 0 atom stereocenters. The predicted octanol–water partition coefficient (Wildman–Crippen LogP) is 0.652. The van der Waals surface area contributed by atoms with Crippen LogP contribution in [0.15, 0.2) is 0 Å². The molecule has 0 aliphatic carbocycles. The van der Waals surface area contributed by atoms with Gasteiger partial charge in [-0.15, -0.1) is 0 Å². The fraction of sp³-hybridized carbons (Fsp3) is 0.647. The molecule has 2 amide bonds. The fourth-order valence-corrected chi connectivity index (χ4v) is 3.68. The fourth-order valence-electron chi connectivity index (χ4n) is 3.68. The number of carboxylic acids is 1. The lowest BCUT2D eigenvalue weighted by atomic mass is 9.96. The molecule has 3 heterocycles. The molecule has 0 saturated carbocycles. The Labute approximate surface area is 146 Å². The zero-order valence-corrected chi connectivity index (χ0v) is 14.7. The Morgan fingerprint density at radius 3 is 2.44 bits per heavy atom. The van der Waals surface area contributed by atoms with Crippen molar-refractivity contribution in [1.29, 1.82) is 0 Å². The third-order valence-corrected chi connectivity index (χ3v) is 5.23. The minimum absolute atomic E-state index is 0.0789. The molecule has 1 saturated heterocycles. The van der Waals surface area contributed by atoms with Crippen LogP contribution in [0.1, 0.15) is 47.9 Å². The molecule has 1 fully saturated rings. The number of rotatable bonds is 3. The van der Waals surface area contributed by atoms with Crippen LogP contribution in [0.4, 0.5) is 0 Å². The lowest BCUT2D eigenvalue weighted by Gasteiger charge is -2.31. The van der Waals surface area contributed by atoms with Gasteiger partial charge in [0.1, 0.15) is 0 Å². The highest BCUT2D eigenvalue weighted by atomic mass is 16.4. The van der Waals surface area contributed by atoms with E-state index in [9.17, 15) is 14.4 Å². The average molecular weight is 348 g/mol. The smallest absolute Gasteiger partial charge is 0.306 e. The van der Waals surface area contributed by atoms with E-state index in [0.717, 1.165) is 11.3 Å². The zero-order valence-electron chi connectivity index (χ0n) is 14.7. The van der Waals surface area contributed by atoms with Crippen molar-refractivity contribution in [3.8, 4) is 0 Å². The zero-order chi connectivity index (χ0) is 18.1. The molecule has 8 heteroatoms. The number of fused-ring (bicyclic) bond motifs is 1. The lowest BCUT2D eigenvalue weighted by Crippen LogP contribution is -2.41. The second-order valence-corrected chi connectivity index (χ2v) is 6.72. The highest BCUT2D eigenvalue weighted by Crippen LogP contribution is 2.25. The Kier molecular flexibility index (Phi) is 4.78. The molecular formula is C17H24N4O4. The molecule has 8 nitrogen and oxygen atoms in total. The van der Waals surface area contributed by atoms with Gasteiger partial charge in [0.05, 0.1) is 5.92 Å². The van der Waals surface area contributed by atoms with Crippen molar-refractivity contribution < 1.29 is 19.5 Å². The number of piperidine rings is 1. The Hall–Kier alpha value is -2.38. The summed E-state index contributed by atoms with van der Waals surface area (Å²) in [5.74, 6) is -1.25. The number of nitrogens with zero attached hydrogens (tertiary/aromatic N) is 4. The number of likely N-dealkylation sites (tertiary alicyclic amines) is 1. The molecule has 25 heavy (non-hydrogen) atoms. The van der Waals surface area contributed by atoms with Crippen molar-refractivity contribution in [3.05, 3.63) is 17.0 Å². The summed E-state index contributed by atoms with van der Waals surface area (Å²) in [6.07, 6.45) is 2.08. The monoisotopic (exact) mass is 348 g/mol. The van der Waals surface area contributed by atoms with Crippen LogP contribution in [-0.4, -0.2) is 62.1 Å². The summed E-state index contributed by atoms with van der Waals surface area (Å²) < 4.78 is 1.74. The van der Waals surface area contributed by atoms with Crippen LogP contribution in [0.3, 0.4) is 0 Å². The molecule has 3 rings (SSSR count). The minimum atomic E-state index is -0.795. The van der Waals surface area contributed by atoms with E-state index in [1.807, 2.05) is 14.0 Å². The van der Waals surface area contributed by atoms with E-state index in [4.69, 9.17) is 5.11 Å². The van der Waals surface area contributed by atoms with Crippen molar-refractivity contribution in [2.24, 2.45) is 13.0 Å². The number of hydrogen-bond donors (Lipinski definition) is 1. The van der Waals surface area contributed by atoms with Gasteiger partial charge in [0.25, 0.3) is 5.91 Å². The second kappa shape index (κ2) is 6.85. The molecule has 1 aromatic rings. The summed E-state index contributed by atoms with van der Waals surface area (Å²) in [5.41, 5.74) is 2.24. The molecule has 0 spiro atoms. The highest BCUT2D eigenvalue weighted by Gasteiger charge is 2.33. The standard InChI is InChI=1S/C17H24N4O4/c1-3-14(22)21-9-6-13-12(10-21)15(18-19(13)2)16(23)20-7-4-11(5-8-20)17(24)25/h11H,3-10H2,1-2H3,(H,24,25). The van der Waals surface area contributed by atoms with E-state index in [2.05, 4.69) is 5.10 Å². The molecule has 1 N–H and O–H groups in total. The first kappa shape index (κ1) is 17.4. The molecule has 2 aliphatic rings. The first-order chi connectivity index (χ1) is 11.9. The van der Waals surface area contributed by atoms with Gasteiger partial charge in [-0.2, -0.15) is 5.10 Å². The van der Waals surface area contributed by atoms with Crippen molar-refractivity contribution in [2.45, 2.75) is 39.2 Å². The van der Waals surface area contributed by atoms with Gasteiger partial charge >= 0.3 is 5.97 Å². The number of aryl methyl sites for hydroxylation is 1. The Bertz CT molecular complexity index is 704. The van der Waals surface area contributed by atoms with Gasteiger partial charge in [-0.05, 0) is 12.8 Å². The van der Waals surface area contributed by atoms with E-state index in [0.29, 0.717) is 57.6 Å². The molecule has 0 aromatic carbocycles. The molecule has 0 bridgehead atoms. The van der Waals surface area contributed by atoms with Gasteiger partial charge in [-0.25, -0.2) is 0 Å². The van der Waals surface area contributed by atoms with Crippen LogP contribution in [0.2, 0.25) is 0 Å². The number of aliphatic carboxylic acids is 1. The first-order valence-corrected chi connectivity index (χ1v) is 8.77. The van der Waals surface area contributed by atoms with Gasteiger partial charge < -0.3 is 14.9 Å². The van der Waals surface area contributed by atoms with Crippen LogP contribution in [-0.2, 0) is 29.6 Å². The SMILES string of the molecule is CCC(=O)N1CCc2c(c(C(=O)N3CCC(C(=O)O)CC3)nn2C)C1. The van der Waals surface area contributed by atoms with Crippen LogP contribution in [0.25, 0.3) is 0 Å². The quantitative estimate of drug-likeness (QED) is 0.865. The molecule has 0 unspecified atom stereocenters. The highest BCUT2D eigenvalue weighted by molar-refractivity contribution is 5.94. The first-order valence-electron chi connectivity index (χ1n) is 8.77. The maximum Gasteiger partial charge on any atom is 0.306 e. The summed E-state index contributed by atoms with van der Waals surface area (Å²) in [4.78, 5) is 39.4. The van der Waals surface area contributed by atoms with Crippen LogP contribution >= 0.6 is 0 Å². The summed E-state index contributed by atoms with van der Waals surface area (Å²) in [6.45, 7) is 3.76. The van der Waals surface area contributed by atoms with Crippen molar-refractivity contribution in [1.82, 2.24) is 19.6 Å². The Morgan fingerprint density at radius 1 is 1.16 bits per heavy atom. The molecule has 1 aromatic heterocycles. The second-order valence-electron chi connectivity index (χ2n) is 6.72. The third kappa shape index (κ3) is 3.25. The van der Waals surface area contributed by atoms with E-state index in [1.165, 1.54) is 0 Å². The van der Waals surface area contributed by atoms with Gasteiger partial charge in [-0.1, -0.05) is 6.92 Å². The van der Waals surface area contributed by atoms with Gasteiger partial charge in [0, 0.05) is 57.3 Å². The minimum Gasteiger partial charge on any atom is -0.481 e. The van der Waals surface area contributed by atoms with E-state index >= 15 is 0 Å². The summed E-state index contributed by atoms with van der Waals surface area (Å²) >= 11 is 0. The number of carboxylic acid groups (broad SMARTS) is 1. The van der Waals surface area contributed by atoms with Crippen molar-refractivity contribution in [2.75, 3.05) is 19.6 Å². The number of amides is 2. The van der Waals surface area contributed by atoms with E-state index in [-0.39, 0.29) is 17.7 Å². The summed E-state index contributed by atoms with van der Waals surface area (Å²) in [7, 11) is 1.82. The predicted molar refractivity (Wildman–Crippen MR) is 88.9 cm³/mol. The van der Waals surface area contributed by atoms with Crippen molar-refractivity contribution >= 4 is 17.8 Å². The van der Waals surface area contributed by atoms with Crippen molar-refractivity contribution in [3.63, 3.8) is 0 Å². The van der Waals surface area contributed by atoms with Crippen LogP contribution in [0.5, 0.6) is 0 Å². The Balaban J connectivity index is 1.78. The average Bonchev–Trinajstić information content (AvgIpc) is 2.96. The normalized spacial score (nSPS) is 18.2. The molecular weight excluding hydrogens is 324 g/mol. The van der Waals surface area contributed by atoms with Gasteiger partial charge in [0.15, 0.2) is 5.69 Å². The summed E-state index contributed by atoms with van der Waals surface area (Å²) in [6, 6.07) is 0. The topological polar surface area (TPSA) is 95.7 Å². The molecule has 2 aliphatic heterocycles. The van der Waals surface area contributed by atoms with Crippen LogP contribution in [0, 0.1) is 5.92 Å². The lowest BCUT2D eigenvalue weighted by molar-refractivity contribution is -0.143. The van der Waals surface area contributed by atoms with Gasteiger partial charge in [-0.3, -0.25) is 19.1 Å². The maximum atomic E-state index is 12.9. The van der Waals surface area contributed by atoms with E-state index < -0.39 is 5.97 Å². The number of hydrogen-bond acceptors (Lipinski definition) is 4. The number of aromatic nitrogens is 2. The van der Waals surface area contributed by atoms with E-state index in [1.54, 1.807) is 14.5 Å². The van der Waals surface area contributed by atoms with Crippen LogP contribution < -0.4 is 0 Å². The van der Waals surface area contributed by atoms with Gasteiger partial charge in [0.2, 0.25) is 5.91 Å². The molecule has 0 radical (unpaired) electrons. The largest absolute Gasteiger partial charge is 0.481 e. The summed E-state index contributed by atoms with van der Waals surface area (Å²) in [5, 5.41) is 13.5. The number of carbonyl (C=O) groups is 3. The molecule has 136 valence electrons.